The van der Waals surface area contributed by atoms with E-state index in [1.165, 1.54) is 18.4 Å². The zero-order chi connectivity index (χ0) is 16.1. The number of piperidine rings is 2. The van der Waals surface area contributed by atoms with Gasteiger partial charge in [0, 0.05) is 45.1 Å². The molecule has 0 saturated carbocycles. The first-order valence-corrected chi connectivity index (χ1v) is 8.74. The van der Waals surface area contributed by atoms with Gasteiger partial charge in [0.25, 0.3) is 0 Å². The number of methoxy groups -OCH3 is 1. The summed E-state index contributed by atoms with van der Waals surface area (Å²) in [6, 6.07) is 10.3. The Morgan fingerprint density at radius 1 is 1.17 bits per heavy atom. The highest BCUT2D eigenvalue weighted by Crippen LogP contribution is 2.39. The van der Waals surface area contributed by atoms with Gasteiger partial charge in [-0.3, -0.25) is 4.79 Å². The summed E-state index contributed by atoms with van der Waals surface area (Å²) in [4.78, 5) is 17.0. The van der Waals surface area contributed by atoms with Crippen LogP contribution in [0.5, 0.6) is 0 Å². The lowest BCUT2D eigenvalue weighted by atomic mass is 9.73. The van der Waals surface area contributed by atoms with Crippen LogP contribution in [0.1, 0.15) is 31.2 Å². The van der Waals surface area contributed by atoms with Gasteiger partial charge in [-0.1, -0.05) is 30.3 Å². The molecule has 1 aromatic carbocycles. The second-order valence-corrected chi connectivity index (χ2v) is 7.11. The van der Waals surface area contributed by atoms with Gasteiger partial charge in [0.2, 0.25) is 5.91 Å². The molecule has 1 atom stereocenters. The quantitative estimate of drug-likeness (QED) is 0.837. The van der Waals surface area contributed by atoms with Gasteiger partial charge in [0.15, 0.2) is 0 Å². The van der Waals surface area contributed by atoms with Gasteiger partial charge in [0.1, 0.15) is 0 Å². The minimum Gasteiger partial charge on any atom is -0.383 e. The van der Waals surface area contributed by atoms with E-state index < -0.39 is 0 Å². The molecule has 0 unspecified atom stereocenters. The molecule has 4 nitrogen and oxygen atoms in total. The van der Waals surface area contributed by atoms with E-state index in [-0.39, 0.29) is 5.41 Å². The van der Waals surface area contributed by atoms with Crippen LogP contribution in [0.4, 0.5) is 0 Å². The number of likely N-dealkylation sites (tertiary alicyclic amines) is 2. The standard InChI is InChI=1S/C19H28N2O2/c1-23-13-12-20-11-5-9-19(15-20)10-8-18(22)21(16-19)14-17-6-3-2-4-7-17/h2-4,6-7H,5,8-16H2,1H3/t19-/m1/s1. The Bertz CT molecular complexity index is 519. The van der Waals surface area contributed by atoms with Crippen LogP contribution >= 0.6 is 0 Å². The molecule has 1 amide bonds. The molecule has 126 valence electrons. The fourth-order valence-corrected chi connectivity index (χ4v) is 4.10. The largest absolute Gasteiger partial charge is 0.383 e. The number of carbonyl (C=O) groups is 1. The first kappa shape index (κ1) is 16.5. The Morgan fingerprint density at radius 2 is 2.00 bits per heavy atom. The normalized spacial score (nSPS) is 26.0. The van der Waals surface area contributed by atoms with Gasteiger partial charge in [-0.15, -0.1) is 0 Å². The van der Waals surface area contributed by atoms with E-state index in [4.69, 9.17) is 4.74 Å². The van der Waals surface area contributed by atoms with Crippen molar-refractivity contribution in [2.45, 2.75) is 32.2 Å². The summed E-state index contributed by atoms with van der Waals surface area (Å²) in [7, 11) is 1.76. The van der Waals surface area contributed by atoms with Crippen molar-refractivity contribution in [3.8, 4) is 0 Å². The van der Waals surface area contributed by atoms with Crippen molar-refractivity contribution in [1.29, 1.82) is 0 Å². The third kappa shape index (κ3) is 4.12. The minimum absolute atomic E-state index is 0.286. The Morgan fingerprint density at radius 3 is 2.78 bits per heavy atom. The third-order valence-corrected chi connectivity index (χ3v) is 5.32. The molecule has 0 bridgehead atoms. The maximum absolute atomic E-state index is 12.4. The molecule has 0 N–H and O–H groups in total. The smallest absolute Gasteiger partial charge is 0.222 e. The van der Waals surface area contributed by atoms with E-state index >= 15 is 0 Å². The SMILES string of the molecule is COCCN1CCC[C@@]2(CCC(=O)N(Cc3ccccc3)C2)C1. The summed E-state index contributed by atoms with van der Waals surface area (Å²) in [5, 5.41) is 0. The van der Waals surface area contributed by atoms with Crippen molar-refractivity contribution in [2.24, 2.45) is 5.41 Å². The van der Waals surface area contributed by atoms with Crippen molar-refractivity contribution in [3.05, 3.63) is 35.9 Å². The molecule has 2 heterocycles. The van der Waals surface area contributed by atoms with Crippen LogP contribution in [-0.4, -0.2) is 55.6 Å². The number of benzene rings is 1. The highest BCUT2D eigenvalue weighted by Gasteiger charge is 2.41. The van der Waals surface area contributed by atoms with Crippen molar-refractivity contribution in [3.63, 3.8) is 0 Å². The second-order valence-electron chi connectivity index (χ2n) is 7.11. The monoisotopic (exact) mass is 316 g/mol. The van der Waals surface area contributed by atoms with Crippen LogP contribution in [0.2, 0.25) is 0 Å². The number of rotatable bonds is 5. The summed E-state index contributed by atoms with van der Waals surface area (Å²) in [5.41, 5.74) is 1.51. The highest BCUT2D eigenvalue weighted by molar-refractivity contribution is 5.77. The number of hydrogen-bond donors (Lipinski definition) is 0. The Labute approximate surface area is 139 Å². The minimum atomic E-state index is 0.286. The molecule has 0 radical (unpaired) electrons. The van der Waals surface area contributed by atoms with Gasteiger partial charge >= 0.3 is 0 Å². The predicted octanol–water partition coefficient (Wildman–Crippen LogP) is 2.54. The van der Waals surface area contributed by atoms with Crippen molar-refractivity contribution in [1.82, 2.24) is 9.80 Å². The summed E-state index contributed by atoms with van der Waals surface area (Å²) in [5.74, 6) is 0.313. The van der Waals surface area contributed by atoms with Crippen LogP contribution in [0.3, 0.4) is 0 Å². The Kier molecular flexibility index (Phi) is 5.34. The average molecular weight is 316 g/mol. The molecule has 3 rings (SSSR count). The molecule has 23 heavy (non-hydrogen) atoms. The lowest BCUT2D eigenvalue weighted by molar-refractivity contribution is -0.140. The zero-order valence-electron chi connectivity index (χ0n) is 14.2. The molecule has 0 aliphatic carbocycles. The average Bonchev–Trinajstić information content (AvgIpc) is 2.58. The van der Waals surface area contributed by atoms with Gasteiger partial charge in [-0.05, 0) is 31.4 Å². The lowest BCUT2D eigenvalue weighted by Gasteiger charge is -2.48. The van der Waals surface area contributed by atoms with Crippen molar-refractivity contribution < 1.29 is 9.53 Å². The van der Waals surface area contributed by atoms with E-state index in [9.17, 15) is 4.79 Å². The van der Waals surface area contributed by atoms with E-state index in [0.717, 1.165) is 45.8 Å². The molecule has 4 heteroatoms. The number of amides is 1. The van der Waals surface area contributed by atoms with Crippen LogP contribution < -0.4 is 0 Å². The second kappa shape index (κ2) is 7.45. The summed E-state index contributed by atoms with van der Waals surface area (Å²) in [6.07, 6.45) is 4.22. The van der Waals surface area contributed by atoms with Gasteiger partial charge < -0.3 is 14.5 Å². The van der Waals surface area contributed by atoms with E-state index in [0.29, 0.717) is 12.3 Å². The van der Waals surface area contributed by atoms with Crippen LogP contribution in [-0.2, 0) is 16.1 Å². The molecule has 0 aromatic heterocycles. The molecule has 2 fully saturated rings. The Balaban J connectivity index is 1.65. The molecule has 2 aliphatic rings. The maximum atomic E-state index is 12.4. The molecule has 1 aromatic rings. The highest BCUT2D eigenvalue weighted by atomic mass is 16.5. The van der Waals surface area contributed by atoms with Crippen LogP contribution in [0, 0.1) is 5.41 Å². The van der Waals surface area contributed by atoms with E-state index in [2.05, 4.69) is 21.9 Å². The van der Waals surface area contributed by atoms with Crippen LogP contribution in [0.25, 0.3) is 0 Å². The molecule has 2 aliphatic heterocycles. The molecule has 1 spiro atoms. The van der Waals surface area contributed by atoms with E-state index in [1.54, 1.807) is 7.11 Å². The number of hydrogen-bond acceptors (Lipinski definition) is 3. The summed E-state index contributed by atoms with van der Waals surface area (Å²) < 4.78 is 5.23. The molecular weight excluding hydrogens is 288 g/mol. The molecule has 2 saturated heterocycles. The maximum Gasteiger partial charge on any atom is 0.222 e. The van der Waals surface area contributed by atoms with E-state index in [1.807, 2.05) is 18.2 Å². The zero-order valence-corrected chi connectivity index (χ0v) is 14.2. The first-order valence-electron chi connectivity index (χ1n) is 8.74. The van der Waals surface area contributed by atoms with Crippen molar-refractivity contribution in [2.75, 3.05) is 39.9 Å². The first-order chi connectivity index (χ1) is 11.2. The number of nitrogens with zero attached hydrogens (tertiary/aromatic N) is 2. The fraction of sp³-hybridized carbons (Fsp3) is 0.632. The van der Waals surface area contributed by atoms with Gasteiger partial charge in [-0.25, -0.2) is 0 Å². The molecular formula is C19H28N2O2. The lowest BCUT2D eigenvalue weighted by Crippen LogP contribution is -2.54. The van der Waals surface area contributed by atoms with Gasteiger partial charge in [0.05, 0.1) is 6.61 Å². The third-order valence-electron chi connectivity index (χ3n) is 5.32. The van der Waals surface area contributed by atoms with Gasteiger partial charge in [-0.2, -0.15) is 0 Å². The van der Waals surface area contributed by atoms with Crippen LogP contribution in [0.15, 0.2) is 30.3 Å². The number of carbonyl (C=O) groups excluding carboxylic acids is 1. The summed E-state index contributed by atoms with van der Waals surface area (Å²) >= 11 is 0. The van der Waals surface area contributed by atoms with Crippen molar-refractivity contribution >= 4 is 5.91 Å². The summed E-state index contributed by atoms with van der Waals surface area (Å²) in [6.45, 7) is 5.73. The predicted molar refractivity (Wildman–Crippen MR) is 91.1 cm³/mol. The Hall–Kier alpha value is -1.39. The fourth-order valence-electron chi connectivity index (χ4n) is 4.10. The number of ether oxygens (including phenoxy) is 1. The topological polar surface area (TPSA) is 32.8 Å².